The van der Waals surface area contributed by atoms with Crippen molar-refractivity contribution in [1.29, 1.82) is 0 Å². The Morgan fingerprint density at radius 3 is 2.95 bits per heavy atom. The van der Waals surface area contributed by atoms with Crippen LogP contribution < -0.4 is 5.73 Å². The lowest BCUT2D eigenvalue weighted by molar-refractivity contribution is 0.281. The van der Waals surface area contributed by atoms with Gasteiger partial charge in [-0.3, -0.25) is 0 Å². The van der Waals surface area contributed by atoms with Crippen molar-refractivity contribution in [2.24, 2.45) is 0 Å². The molecule has 0 aliphatic heterocycles. The zero-order valence-electron chi connectivity index (χ0n) is 10.8. The first-order valence-corrected chi connectivity index (χ1v) is 6.90. The maximum absolute atomic E-state index is 9.23. The number of anilines is 1. The van der Waals surface area contributed by atoms with E-state index in [2.05, 4.69) is 26.0 Å². The van der Waals surface area contributed by atoms with Crippen molar-refractivity contribution in [3.05, 3.63) is 46.1 Å². The van der Waals surface area contributed by atoms with Crippen LogP contribution in [0.2, 0.25) is 0 Å². The third kappa shape index (κ3) is 2.07. The quantitative estimate of drug-likeness (QED) is 0.707. The van der Waals surface area contributed by atoms with Gasteiger partial charge in [0.2, 0.25) is 0 Å². The predicted octanol–water partition coefficient (Wildman–Crippen LogP) is 2.54. The van der Waals surface area contributed by atoms with Crippen molar-refractivity contribution in [2.45, 2.75) is 13.5 Å². The Balaban J connectivity index is 2.23. The number of hydrogen-bond acceptors (Lipinski definition) is 4. The lowest BCUT2D eigenvalue weighted by Gasteiger charge is -2.03. The predicted molar refractivity (Wildman–Crippen MR) is 81.2 cm³/mol. The van der Waals surface area contributed by atoms with Crippen LogP contribution in [-0.4, -0.2) is 19.7 Å². The van der Waals surface area contributed by atoms with Crippen LogP contribution >= 0.6 is 15.9 Å². The van der Waals surface area contributed by atoms with Crippen molar-refractivity contribution in [1.82, 2.24) is 14.6 Å². The summed E-state index contributed by atoms with van der Waals surface area (Å²) in [5, 5.41) is 13.7. The molecule has 0 unspecified atom stereocenters. The van der Waals surface area contributed by atoms with Gasteiger partial charge in [0.15, 0.2) is 11.5 Å². The van der Waals surface area contributed by atoms with Gasteiger partial charge in [0.25, 0.3) is 0 Å². The highest BCUT2D eigenvalue weighted by atomic mass is 79.9. The number of nitrogens with zero attached hydrogens (tertiary/aromatic N) is 3. The molecule has 3 aromatic rings. The van der Waals surface area contributed by atoms with Crippen LogP contribution in [0.15, 0.2) is 34.9 Å². The van der Waals surface area contributed by atoms with E-state index in [0.717, 1.165) is 26.9 Å². The van der Waals surface area contributed by atoms with Crippen molar-refractivity contribution in [2.75, 3.05) is 5.73 Å². The third-order valence-electron chi connectivity index (χ3n) is 3.24. The molecule has 0 saturated heterocycles. The molecular weight excluding hydrogens is 320 g/mol. The Hall–Kier alpha value is -1.92. The molecule has 0 atom stereocenters. The molecule has 1 aromatic carbocycles. The molecule has 0 fully saturated rings. The monoisotopic (exact) mass is 332 g/mol. The van der Waals surface area contributed by atoms with E-state index in [4.69, 9.17) is 5.73 Å². The highest BCUT2D eigenvalue weighted by Crippen LogP contribution is 2.27. The molecule has 0 saturated carbocycles. The van der Waals surface area contributed by atoms with E-state index < -0.39 is 0 Å². The molecule has 102 valence electrons. The molecule has 0 radical (unpaired) electrons. The number of pyridine rings is 1. The Morgan fingerprint density at radius 1 is 1.40 bits per heavy atom. The van der Waals surface area contributed by atoms with E-state index in [1.54, 1.807) is 10.7 Å². The van der Waals surface area contributed by atoms with Crippen LogP contribution in [0.3, 0.4) is 0 Å². The molecule has 5 nitrogen and oxygen atoms in total. The first-order valence-electron chi connectivity index (χ1n) is 6.11. The Kier molecular flexibility index (Phi) is 3.19. The molecular formula is C14H13BrN4O. The summed E-state index contributed by atoms with van der Waals surface area (Å²) in [6.45, 7) is 1.91. The van der Waals surface area contributed by atoms with Gasteiger partial charge in [-0.05, 0) is 46.1 Å². The minimum Gasteiger partial charge on any atom is -0.398 e. The summed E-state index contributed by atoms with van der Waals surface area (Å²) in [4.78, 5) is 4.53. The topological polar surface area (TPSA) is 76.4 Å². The van der Waals surface area contributed by atoms with Crippen molar-refractivity contribution < 1.29 is 5.11 Å². The number of halogens is 1. The normalized spacial score (nSPS) is 11.2. The van der Waals surface area contributed by atoms with E-state index in [1.807, 2.05) is 31.2 Å². The second-order valence-electron chi connectivity index (χ2n) is 4.58. The first-order chi connectivity index (χ1) is 9.60. The second-order valence-corrected chi connectivity index (χ2v) is 5.43. The van der Waals surface area contributed by atoms with Crippen molar-refractivity contribution in [3.8, 4) is 11.4 Å². The average molecular weight is 333 g/mol. The van der Waals surface area contributed by atoms with Gasteiger partial charge in [-0.1, -0.05) is 12.1 Å². The van der Waals surface area contributed by atoms with Crippen LogP contribution in [0.1, 0.15) is 11.1 Å². The lowest BCUT2D eigenvalue weighted by Crippen LogP contribution is -1.94. The largest absolute Gasteiger partial charge is 0.398 e. The molecule has 0 bridgehead atoms. The molecule has 0 aliphatic carbocycles. The highest BCUT2D eigenvalue weighted by molar-refractivity contribution is 9.10. The Bertz CT molecular complexity index is 797. The molecule has 0 amide bonds. The molecule has 20 heavy (non-hydrogen) atoms. The molecule has 2 aromatic heterocycles. The minimum absolute atomic E-state index is 0.0406. The number of benzene rings is 1. The standard InChI is InChI=1S/C14H13BrN4O/c1-8-10(3-2-4-12(8)16)13-17-14-11(15)5-9(7-20)6-19(14)18-13/h2-6,20H,7,16H2,1H3. The summed E-state index contributed by atoms with van der Waals surface area (Å²) in [6, 6.07) is 7.52. The summed E-state index contributed by atoms with van der Waals surface area (Å²) in [6.07, 6.45) is 1.76. The number of aromatic nitrogens is 3. The van der Waals surface area contributed by atoms with E-state index in [9.17, 15) is 5.11 Å². The van der Waals surface area contributed by atoms with Crippen LogP contribution in [0.4, 0.5) is 5.69 Å². The highest BCUT2D eigenvalue weighted by Gasteiger charge is 2.12. The van der Waals surface area contributed by atoms with Crippen LogP contribution in [-0.2, 0) is 6.61 Å². The fourth-order valence-electron chi connectivity index (χ4n) is 2.09. The number of nitrogens with two attached hydrogens (primary N) is 1. The van der Waals surface area contributed by atoms with Gasteiger partial charge in [-0.15, -0.1) is 5.10 Å². The van der Waals surface area contributed by atoms with Gasteiger partial charge >= 0.3 is 0 Å². The molecule has 0 spiro atoms. The number of hydrogen-bond donors (Lipinski definition) is 2. The van der Waals surface area contributed by atoms with Crippen LogP contribution in [0.25, 0.3) is 17.0 Å². The van der Waals surface area contributed by atoms with Gasteiger partial charge < -0.3 is 10.8 Å². The number of aliphatic hydroxyl groups excluding tert-OH is 1. The van der Waals surface area contributed by atoms with Gasteiger partial charge in [-0.25, -0.2) is 9.50 Å². The summed E-state index contributed by atoms with van der Waals surface area (Å²) in [7, 11) is 0. The molecule has 6 heteroatoms. The summed E-state index contributed by atoms with van der Waals surface area (Å²) in [5.41, 5.74) is 9.99. The number of fused-ring (bicyclic) bond motifs is 1. The maximum atomic E-state index is 9.23. The lowest BCUT2D eigenvalue weighted by atomic mass is 10.1. The number of aliphatic hydroxyl groups is 1. The Labute approximate surface area is 124 Å². The zero-order valence-corrected chi connectivity index (χ0v) is 12.4. The molecule has 3 N–H and O–H groups in total. The average Bonchev–Trinajstić information content (AvgIpc) is 2.86. The fraction of sp³-hybridized carbons (Fsp3) is 0.143. The number of rotatable bonds is 2. The smallest absolute Gasteiger partial charge is 0.182 e. The SMILES string of the molecule is Cc1c(N)cccc1-c1nc2c(Br)cc(CO)cn2n1. The van der Waals surface area contributed by atoms with E-state index in [-0.39, 0.29) is 6.61 Å². The van der Waals surface area contributed by atoms with Gasteiger partial charge in [-0.2, -0.15) is 0 Å². The van der Waals surface area contributed by atoms with Gasteiger partial charge in [0, 0.05) is 17.4 Å². The fourth-order valence-corrected chi connectivity index (χ4v) is 2.66. The summed E-state index contributed by atoms with van der Waals surface area (Å²) >= 11 is 3.45. The molecule has 0 aliphatic rings. The third-order valence-corrected chi connectivity index (χ3v) is 3.83. The minimum atomic E-state index is -0.0406. The van der Waals surface area contributed by atoms with Gasteiger partial charge in [0.05, 0.1) is 11.1 Å². The maximum Gasteiger partial charge on any atom is 0.182 e. The Morgan fingerprint density at radius 2 is 2.20 bits per heavy atom. The molecule has 3 rings (SSSR count). The van der Waals surface area contributed by atoms with Crippen LogP contribution in [0, 0.1) is 6.92 Å². The van der Waals surface area contributed by atoms with Gasteiger partial charge in [0.1, 0.15) is 0 Å². The first kappa shape index (κ1) is 13.1. The summed E-state index contributed by atoms with van der Waals surface area (Å²) in [5.74, 6) is 0.616. The zero-order chi connectivity index (χ0) is 14.3. The molecule has 2 heterocycles. The number of nitrogen functional groups attached to an aromatic ring is 1. The van der Waals surface area contributed by atoms with E-state index >= 15 is 0 Å². The summed E-state index contributed by atoms with van der Waals surface area (Å²) < 4.78 is 2.46. The van der Waals surface area contributed by atoms with Crippen LogP contribution in [0.5, 0.6) is 0 Å². The van der Waals surface area contributed by atoms with Crippen molar-refractivity contribution in [3.63, 3.8) is 0 Å². The van der Waals surface area contributed by atoms with E-state index in [0.29, 0.717) is 11.5 Å². The van der Waals surface area contributed by atoms with E-state index in [1.165, 1.54) is 0 Å². The second kappa shape index (κ2) is 4.88. The van der Waals surface area contributed by atoms with Crippen molar-refractivity contribution >= 4 is 27.3 Å².